The predicted octanol–water partition coefficient (Wildman–Crippen LogP) is 3.50. The second kappa shape index (κ2) is 6.60. The third-order valence-corrected chi connectivity index (χ3v) is 3.87. The van der Waals surface area contributed by atoms with Crippen molar-refractivity contribution in [3.63, 3.8) is 0 Å². The van der Waals surface area contributed by atoms with Gasteiger partial charge < -0.3 is 15.0 Å². The molecule has 0 spiro atoms. The number of rotatable bonds is 3. The van der Waals surface area contributed by atoms with Crippen LogP contribution in [0.1, 0.15) is 27.2 Å². The van der Waals surface area contributed by atoms with E-state index in [1.165, 1.54) is 0 Å². The average Bonchev–Trinajstić information content (AvgIpc) is 2.64. The van der Waals surface area contributed by atoms with Gasteiger partial charge in [-0.1, -0.05) is 20.8 Å². The average molecular weight is 298 g/mol. The van der Waals surface area contributed by atoms with Crippen LogP contribution >= 0.6 is 0 Å². The van der Waals surface area contributed by atoms with Gasteiger partial charge in [0.1, 0.15) is 5.75 Å². The number of nitrogens with one attached hydrogen (secondary N) is 1. The van der Waals surface area contributed by atoms with Gasteiger partial charge in [-0.2, -0.15) is 8.78 Å². The van der Waals surface area contributed by atoms with Crippen LogP contribution in [0.25, 0.3) is 0 Å². The highest BCUT2D eigenvalue weighted by Crippen LogP contribution is 2.26. The standard InChI is InChI=1S/C16H24F2N2O/c1-16(2,3)14-11-20(10-4-9-19-14)12-5-7-13(8-6-12)21-15(17)18/h5-8,14-15,19H,4,9-11H2,1-3H3. The first-order valence-electron chi connectivity index (χ1n) is 7.39. The van der Waals surface area contributed by atoms with E-state index in [2.05, 4.69) is 35.7 Å². The lowest BCUT2D eigenvalue weighted by Gasteiger charge is -2.34. The summed E-state index contributed by atoms with van der Waals surface area (Å²) in [6.45, 7) is 6.80. The van der Waals surface area contributed by atoms with Gasteiger partial charge in [0.15, 0.2) is 0 Å². The van der Waals surface area contributed by atoms with Crippen LogP contribution in [0.2, 0.25) is 0 Å². The molecule has 0 bridgehead atoms. The van der Waals surface area contributed by atoms with Gasteiger partial charge in [-0.15, -0.1) is 0 Å². The smallest absolute Gasteiger partial charge is 0.387 e. The zero-order valence-corrected chi connectivity index (χ0v) is 12.9. The van der Waals surface area contributed by atoms with Crippen LogP contribution in [0, 0.1) is 5.41 Å². The summed E-state index contributed by atoms with van der Waals surface area (Å²) in [7, 11) is 0. The zero-order valence-electron chi connectivity index (χ0n) is 12.9. The van der Waals surface area contributed by atoms with Crippen LogP contribution in [-0.2, 0) is 0 Å². The summed E-state index contributed by atoms with van der Waals surface area (Å²) in [5.74, 6) is 0.203. The van der Waals surface area contributed by atoms with E-state index in [1.54, 1.807) is 12.1 Å². The molecule has 1 heterocycles. The lowest BCUT2D eigenvalue weighted by Crippen LogP contribution is -2.46. The Bertz CT molecular complexity index is 443. The fourth-order valence-corrected chi connectivity index (χ4v) is 2.58. The third kappa shape index (κ3) is 4.56. The quantitative estimate of drug-likeness (QED) is 0.924. The van der Waals surface area contributed by atoms with Gasteiger partial charge in [-0.25, -0.2) is 0 Å². The second-order valence-corrected chi connectivity index (χ2v) is 6.54. The molecule has 2 rings (SSSR count). The maximum Gasteiger partial charge on any atom is 0.387 e. The van der Waals surface area contributed by atoms with Crippen molar-refractivity contribution in [2.45, 2.75) is 39.8 Å². The van der Waals surface area contributed by atoms with Crippen molar-refractivity contribution in [1.82, 2.24) is 5.32 Å². The van der Waals surface area contributed by atoms with E-state index >= 15 is 0 Å². The van der Waals surface area contributed by atoms with Crippen LogP contribution < -0.4 is 15.0 Å². The molecule has 1 aliphatic rings. The highest BCUT2D eigenvalue weighted by molar-refractivity contribution is 5.49. The van der Waals surface area contributed by atoms with E-state index in [-0.39, 0.29) is 11.2 Å². The Labute approximate surface area is 125 Å². The van der Waals surface area contributed by atoms with Crippen molar-refractivity contribution in [3.05, 3.63) is 24.3 Å². The molecule has 0 aromatic heterocycles. The first-order valence-corrected chi connectivity index (χ1v) is 7.39. The predicted molar refractivity (Wildman–Crippen MR) is 81.1 cm³/mol. The van der Waals surface area contributed by atoms with Gasteiger partial charge in [0, 0.05) is 24.8 Å². The van der Waals surface area contributed by atoms with Crippen molar-refractivity contribution in [2.24, 2.45) is 5.41 Å². The fraction of sp³-hybridized carbons (Fsp3) is 0.625. The molecule has 3 nitrogen and oxygen atoms in total. The largest absolute Gasteiger partial charge is 0.435 e. The Hall–Kier alpha value is -1.36. The molecule has 1 N–H and O–H groups in total. The monoisotopic (exact) mass is 298 g/mol. The van der Waals surface area contributed by atoms with Gasteiger partial charge in [0.05, 0.1) is 0 Å². The summed E-state index contributed by atoms with van der Waals surface area (Å²) in [5.41, 5.74) is 1.23. The second-order valence-electron chi connectivity index (χ2n) is 6.54. The number of anilines is 1. The molecule has 0 aliphatic carbocycles. The Morgan fingerprint density at radius 2 is 1.90 bits per heavy atom. The molecule has 1 fully saturated rings. The number of nitrogens with zero attached hydrogens (tertiary/aromatic N) is 1. The van der Waals surface area contributed by atoms with E-state index in [4.69, 9.17) is 0 Å². The molecule has 1 atom stereocenters. The van der Waals surface area contributed by atoms with Crippen molar-refractivity contribution in [1.29, 1.82) is 0 Å². The van der Waals surface area contributed by atoms with Gasteiger partial charge >= 0.3 is 6.61 Å². The van der Waals surface area contributed by atoms with E-state index in [0.717, 1.165) is 31.7 Å². The molecular weight excluding hydrogens is 274 g/mol. The molecule has 0 saturated carbocycles. The van der Waals surface area contributed by atoms with Crippen LogP contribution in [-0.4, -0.2) is 32.3 Å². The first kappa shape index (κ1) is 16.0. The molecule has 1 aromatic rings. The molecular formula is C16H24F2N2O. The molecule has 21 heavy (non-hydrogen) atoms. The van der Waals surface area contributed by atoms with Crippen molar-refractivity contribution in [2.75, 3.05) is 24.5 Å². The maximum atomic E-state index is 12.2. The molecule has 5 heteroatoms. The Morgan fingerprint density at radius 3 is 2.48 bits per heavy atom. The van der Waals surface area contributed by atoms with Crippen LogP contribution in [0.15, 0.2) is 24.3 Å². The molecule has 1 aliphatic heterocycles. The summed E-state index contributed by atoms with van der Waals surface area (Å²) >= 11 is 0. The topological polar surface area (TPSA) is 24.5 Å². The normalized spacial score (nSPS) is 20.5. The third-order valence-electron chi connectivity index (χ3n) is 3.87. The summed E-state index contributed by atoms with van der Waals surface area (Å²) in [5, 5.41) is 3.59. The Kier molecular flexibility index (Phi) is 5.04. The maximum absolute atomic E-state index is 12.2. The number of ether oxygens (including phenoxy) is 1. The summed E-state index contributed by atoms with van der Waals surface area (Å²) in [6.07, 6.45) is 1.07. The minimum absolute atomic E-state index is 0.182. The number of hydrogen-bond donors (Lipinski definition) is 1. The Balaban J connectivity index is 2.08. The Morgan fingerprint density at radius 1 is 1.24 bits per heavy atom. The van der Waals surface area contributed by atoms with Gasteiger partial charge in [-0.05, 0) is 42.6 Å². The summed E-state index contributed by atoms with van der Waals surface area (Å²) in [4.78, 5) is 2.31. The molecule has 0 radical (unpaired) electrons. The highest BCUT2D eigenvalue weighted by atomic mass is 19.3. The lowest BCUT2D eigenvalue weighted by atomic mass is 9.86. The van der Waals surface area contributed by atoms with Crippen molar-refractivity contribution in [3.8, 4) is 5.75 Å². The number of alkyl halides is 2. The van der Waals surface area contributed by atoms with Crippen LogP contribution in [0.5, 0.6) is 5.75 Å². The first-order chi connectivity index (χ1) is 9.86. The van der Waals surface area contributed by atoms with Crippen LogP contribution in [0.4, 0.5) is 14.5 Å². The molecule has 1 saturated heterocycles. The van der Waals surface area contributed by atoms with Gasteiger partial charge in [-0.3, -0.25) is 0 Å². The number of hydrogen-bond acceptors (Lipinski definition) is 3. The van der Waals surface area contributed by atoms with Gasteiger partial charge in [0.2, 0.25) is 0 Å². The van der Waals surface area contributed by atoms with Crippen molar-refractivity contribution >= 4 is 5.69 Å². The SMILES string of the molecule is CC(C)(C)C1CN(c2ccc(OC(F)F)cc2)CCCN1. The molecule has 1 unspecified atom stereocenters. The number of benzene rings is 1. The molecule has 118 valence electrons. The number of halogens is 2. The minimum Gasteiger partial charge on any atom is -0.435 e. The van der Waals surface area contributed by atoms with Gasteiger partial charge in [0.25, 0.3) is 0 Å². The van der Waals surface area contributed by atoms with E-state index in [0.29, 0.717) is 6.04 Å². The summed E-state index contributed by atoms with van der Waals surface area (Å²) < 4.78 is 28.7. The van der Waals surface area contributed by atoms with E-state index in [1.807, 2.05) is 12.1 Å². The minimum atomic E-state index is -2.77. The molecule has 0 amide bonds. The highest BCUT2D eigenvalue weighted by Gasteiger charge is 2.28. The lowest BCUT2D eigenvalue weighted by molar-refractivity contribution is -0.0498. The molecule has 1 aromatic carbocycles. The summed E-state index contributed by atoms with van der Waals surface area (Å²) in [6, 6.07) is 7.31. The van der Waals surface area contributed by atoms with E-state index in [9.17, 15) is 8.78 Å². The van der Waals surface area contributed by atoms with E-state index < -0.39 is 6.61 Å². The fourth-order valence-electron chi connectivity index (χ4n) is 2.58. The zero-order chi connectivity index (χ0) is 15.5. The van der Waals surface area contributed by atoms with Crippen LogP contribution in [0.3, 0.4) is 0 Å². The van der Waals surface area contributed by atoms with Crippen molar-refractivity contribution < 1.29 is 13.5 Å².